The van der Waals surface area contributed by atoms with Crippen LogP contribution < -0.4 is 5.56 Å². The molecule has 0 spiro atoms. The van der Waals surface area contributed by atoms with Crippen LogP contribution in [0.5, 0.6) is 0 Å². The van der Waals surface area contributed by atoms with Gasteiger partial charge >= 0.3 is 0 Å². The highest BCUT2D eigenvalue weighted by Crippen LogP contribution is 2.25. The Morgan fingerprint density at radius 3 is 2.37 bits per heavy atom. The van der Waals surface area contributed by atoms with Gasteiger partial charge in [-0.05, 0) is 31.4 Å². The number of benzene rings is 1. The van der Waals surface area contributed by atoms with Crippen LogP contribution in [-0.4, -0.2) is 34.2 Å². The molecule has 1 fully saturated rings. The van der Waals surface area contributed by atoms with Crippen LogP contribution in [0, 0.1) is 6.92 Å². The second kappa shape index (κ2) is 8.33. The lowest BCUT2D eigenvalue weighted by Gasteiger charge is -2.33. The van der Waals surface area contributed by atoms with Crippen molar-refractivity contribution >= 4 is 11.7 Å². The zero-order chi connectivity index (χ0) is 19.4. The number of hydrogen-bond acceptors (Lipinski definition) is 3. The minimum atomic E-state index is -1.17. The molecule has 0 bridgehead atoms. The number of aromatic nitrogens is 1. The van der Waals surface area contributed by atoms with Gasteiger partial charge < -0.3 is 4.90 Å². The van der Waals surface area contributed by atoms with E-state index in [1.807, 2.05) is 13.0 Å². The molecule has 1 heterocycles. The van der Waals surface area contributed by atoms with E-state index >= 15 is 0 Å². The zero-order valence-electron chi connectivity index (χ0n) is 15.9. The van der Waals surface area contributed by atoms with E-state index in [4.69, 9.17) is 0 Å². The first kappa shape index (κ1) is 19.1. The Morgan fingerprint density at radius 2 is 1.74 bits per heavy atom. The molecule has 0 radical (unpaired) electrons. The molecule has 0 N–H and O–H groups in total. The highest BCUT2D eigenvalue weighted by molar-refractivity contribution is 6.11. The molecule has 1 aromatic carbocycles. The van der Waals surface area contributed by atoms with Crippen LogP contribution in [0.2, 0.25) is 0 Å². The molecule has 1 aliphatic carbocycles. The first-order valence-electron chi connectivity index (χ1n) is 9.54. The molecule has 0 aliphatic heterocycles. The summed E-state index contributed by atoms with van der Waals surface area (Å²) in [5, 5.41) is 0. The lowest BCUT2D eigenvalue weighted by molar-refractivity contribution is -0.134. The minimum absolute atomic E-state index is 0.124. The van der Waals surface area contributed by atoms with Crippen molar-refractivity contribution < 1.29 is 9.59 Å². The van der Waals surface area contributed by atoms with E-state index in [1.165, 1.54) is 17.1 Å². The van der Waals surface area contributed by atoms with Gasteiger partial charge in [0.1, 0.15) is 0 Å². The molecule has 1 unspecified atom stereocenters. The molecular weight excluding hydrogens is 340 g/mol. The molecule has 1 amide bonds. The maximum Gasteiger partial charge on any atom is 0.253 e. The number of aryl methyl sites for hydroxylation is 1. The average Bonchev–Trinajstić information content (AvgIpc) is 2.70. The molecule has 27 heavy (non-hydrogen) atoms. The monoisotopic (exact) mass is 366 g/mol. The van der Waals surface area contributed by atoms with Gasteiger partial charge in [-0.25, -0.2) is 0 Å². The number of carbonyl (C=O) groups is 2. The number of amides is 1. The summed E-state index contributed by atoms with van der Waals surface area (Å²) in [7, 11) is 1.75. The summed E-state index contributed by atoms with van der Waals surface area (Å²) >= 11 is 0. The quantitative estimate of drug-likeness (QED) is 0.602. The van der Waals surface area contributed by atoms with Crippen LogP contribution in [0.3, 0.4) is 0 Å². The number of Topliss-reactive ketones (excluding diaryl/α,β-unsaturated/α-hetero) is 1. The Kier molecular flexibility index (Phi) is 5.89. The standard InChI is InChI=1S/C22H26N2O3/c1-16-13-14-24(19(25)15-16)20(21(26)17-9-5-3-6-10-17)22(27)23(2)18-11-7-4-8-12-18/h3,5-6,9-10,13-15,18,20H,4,7-8,11-12H2,1-2H3. The van der Waals surface area contributed by atoms with Crippen LogP contribution in [0.1, 0.15) is 54.1 Å². The Balaban J connectivity index is 2.00. The Morgan fingerprint density at radius 1 is 1.07 bits per heavy atom. The third kappa shape index (κ3) is 4.18. The van der Waals surface area contributed by atoms with Crippen molar-refractivity contribution in [2.45, 2.75) is 51.1 Å². The smallest absolute Gasteiger partial charge is 0.253 e. The molecule has 5 heteroatoms. The summed E-state index contributed by atoms with van der Waals surface area (Å²) in [5.41, 5.74) is 0.894. The SMILES string of the molecule is Cc1ccn(C(C(=O)c2ccccc2)C(=O)N(C)C2CCCCC2)c(=O)c1. The van der Waals surface area contributed by atoms with Gasteiger partial charge in [-0.2, -0.15) is 0 Å². The number of likely N-dealkylation sites (N-methyl/N-ethyl adjacent to an activating group) is 1. The van der Waals surface area contributed by atoms with Gasteiger partial charge in [0, 0.05) is 30.9 Å². The van der Waals surface area contributed by atoms with Crippen molar-refractivity contribution in [1.82, 2.24) is 9.47 Å². The van der Waals surface area contributed by atoms with Gasteiger partial charge in [0.15, 0.2) is 11.8 Å². The maximum absolute atomic E-state index is 13.3. The molecule has 1 aliphatic rings. The second-order valence-corrected chi connectivity index (χ2v) is 7.32. The van der Waals surface area contributed by atoms with Crippen molar-refractivity contribution in [2.24, 2.45) is 0 Å². The molecular formula is C22H26N2O3. The number of carbonyl (C=O) groups excluding carboxylic acids is 2. The van der Waals surface area contributed by atoms with E-state index < -0.39 is 6.04 Å². The fourth-order valence-corrected chi connectivity index (χ4v) is 3.76. The topological polar surface area (TPSA) is 59.4 Å². The summed E-state index contributed by atoms with van der Waals surface area (Å²) in [6.07, 6.45) is 6.79. The molecule has 3 rings (SSSR count). The van der Waals surface area contributed by atoms with Crippen molar-refractivity contribution in [3.05, 3.63) is 70.1 Å². The molecule has 5 nitrogen and oxygen atoms in total. The number of rotatable bonds is 5. The fraction of sp³-hybridized carbons (Fsp3) is 0.409. The summed E-state index contributed by atoms with van der Waals surface area (Å²) in [4.78, 5) is 40.8. The zero-order valence-corrected chi connectivity index (χ0v) is 15.9. The van der Waals surface area contributed by atoms with Gasteiger partial charge in [0.2, 0.25) is 0 Å². The predicted molar refractivity (Wildman–Crippen MR) is 105 cm³/mol. The van der Waals surface area contributed by atoms with Gasteiger partial charge in [0.25, 0.3) is 11.5 Å². The van der Waals surface area contributed by atoms with Crippen LogP contribution >= 0.6 is 0 Å². The van der Waals surface area contributed by atoms with Crippen molar-refractivity contribution in [3.8, 4) is 0 Å². The lowest BCUT2D eigenvalue weighted by Crippen LogP contribution is -2.46. The van der Waals surface area contributed by atoms with Crippen LogP contribution in [0.15, 0.2) is 53.5 Å². The molecule has 142 valence electrons. The fourth-order valence-electron chi connectivity index (χ4n) is 3.76. The van der Waals surface area contributed by atoms with Gasteiger partial charge in [0.05, 0.1) is 0 Å². The number of ketones is 1. The van der Waals surface area contributed by atoms with Crippen molar-refractivity contribution in [2.75, 3.05) is 7.05 Å². The number of hydrogen-bond donors (Lipinski definition) is 0. The van der Waals surface area contributed by atoms with E-state index in [9.17, 15) is 14.4 Å². The first-order valence-corrected chi connectivity index (χ1v) is 9.54. The molecule has 0 saturated heterocycles. The van der Waals surface area contributed by atoms with E-state index in [-0.39, 0.29) is 23.3 Å². The Hall–Kier alpha value is -2.69. The first-order chi connectivity index (χ1) is 13.0. The van der Waals surface area contributed by atoms with E-state index in [2.05, 4.69) is 0 Å². The second-order valence-electron chi connectivity index (χ2n) is 7.32. The molecule has 1 atom stereocenters. The van der Waals surface area contributed by atoms with Crippen LogP contribution in [-0.2, 0) is 4.79 Å². The Labute approximate surface area is 159 Å². The van der Waals surface area contributed by atoms with Crippen LogP contribution in [0.4, 0.5) is 0 Å². The molecule has 1 aromatic heterocycles. The molecule has 2 aromatic rings. The number of nitrogens with zero attached hydrogens (tertiary/aromatic N) is 2. The third-order valence-corrected chi connectivity index (χ3v) is 5.39. The highest BCUT2D eigenvalue weighted by Gasteiger charge is 2.35. The van der Waals surface area contributed by atoms with Crippen molar-refractivity contribution in [3.63, 3.8) is 0 Å². The van der Waals surface area contributed by atoms with Crippen molar-refractivity contribution in [1.29, 1.82) is 0 Å². The predicted octanol–water partition coefficient (Wildman–Crippen LogP) is 3.37. The summed E-state index contributed by atoms with van der Waals surface area (Å²) in [5.74, 6) is -0.670. The van der Waals surface area contributed by atoms with Gasteiger partial charge in [-0.15, -0.1) is 0 Å². The van der Waals surface area contributed by atoms with Crippen LogP contribution in [0.25, 0.3) is 0 Å². The van der Waals surface area contributed by atoms with Gasteiger partial charge in [-0.1, -0.05) is 49.6 Å². The highest BCUT2D eigenvalue weighted by atomic mass is 16.2. The average molecular weight is 366 g/mol. The van der Waals surface area contributed by atoms with Gasteiger partial charge in [-0.3, -0.25) is 19.0 Å². The lowest BCUT2D eigenvalue weighted by atomic mass is 9.93. The minimum Gasteiger partial charge on any atom is -0.341 e. The largest absolute Gasteiger partial charge is 0.341 e. The van der Waals surface area contributed by atoms with E-state index in [0.29, 0.717) is 5.56 Å². The normalized spacial score (nSPS) is 15.9. The third-order valence-electron chi connectivity index (χ3n) is 5.39. The maximum atomic E-state index is 13.3. The molecule has 1 saturated carbocycles. The summed E-state index contributed by atoms with van der Waals surface area (Å²) in [6, 6.07) is 10.9. The summed E-state index contributed by atoms with van der Waals surface area (Å²) in [6.45, 7) is 1.82. The Bertz CT molecular complexity index is 867. The van der Waals surface area contributed by atoms with E-state index in [0.717, 1.165) is 31.2 Å². The number of pyridine rings is 1. The summed E-state index contributed by atoms with van der Waals surface area (Å²) < 4.78 is 1.27. The van der Waals surface area contributed by atoms with E-state index in [1.54, 1.807) is 48.5 Å².